The van der Waals surface area contributed by atoms with Crippen LogP contribution in [0.2, 0.25) is 0 Å². The summed E-state index contributed by atoms with van der Waals surface area (Å²) in [5.41, 5.74) is 5.65. The fourth-order valence-corrected chi connectivity index (χ4v) is 8.62. The average molecular weight is 1610 g/mol. The topological polar surface area (TPSA) is 409 Å². The van der Waals surface area contributed by atoms with Gasteiger partial charge in [-0.1, -0.05) is 0 Å². The van der Waals surface area contributed by atoms with Gasteiger partial charge in [-0.2, -0.15) is 0 Å². The summed E-state index contributed by atoms with van der Waals surface area (Å²) in [6.07, 6.45) is 4.31. The van der Waals surface area contributed by atoms with Gasteiger partial charge in [0.2, 0.25) is 17.7 Å². The first kappa shape index (κ1) is 105. The number of ether oxygens (including phenoxy) is 28. The second-order valence-corrected chi connectivity index (χ2v) is 23.2. The third-order valence-electron chi connectivity index (χ3n) is 14.4. The van der Waals surface area contributed by atoms with Crippen molar-refractivity contribution in [3.8, 4) is 0 Å². The maximum atomic E-state index is 12.9. The number of nitrogens with one attached hydrogen (secondary N) is 3. The van der Waals surface area contributed by atoms with Gasteiger partial charge in [0, 0.05) is 51.7 Å². The lowest BCUT2D eigenvalue weighted by Crippen LogP contribution is -2.47. The standard InChI is InChI=1S/C73H139N5O33/c1-84-16-17-88-24-25-92-30-31-94-34-35-96-38-39-98-42-43-100-46-47-102-50-51-104-54-55-106-58-59-108-62-63-110-66-67-111-65-64-109-61-60-107-57-56-105-53-52-103-49-48-101-45-44-99-41-40-97-37-36-95-33-32-93-29-28-91-23-20-87-15-11-76-73(83)68(4-2-3-9-74)77-70(80)8-13-85-18-21-89-26-27-90-22-19-86-14-10-75-69(79)7-12-78-71(81)5-6-72(78)82/h5-6,68H,2-4,7-67,74H2,1H3,(H,75,79)(H,76,83)(H,77,80). The molecule has 1 aliphatic rings. The second-order valence-electron chi connectivity index (χ2n) is 23.2. The minimum absolute atomic E-state index is 0.0194. The zero-order chi connectivity index (χ0) is 79.6. The summed E-state index contributed by atoms with van der Waals surface area (Å²) >= 11 is 0. The van der Waals surface area contributed by atoms with E-state index in [1.807, 2.05) is 0 Å². The lowest BCUT2D eigenvalue weighted by Gasteiger charge is -2.18. The molecule has 1 aliphatic heterocycles. The SMILES string of the molecule is COCCOCCOCCOCCOCCOCCOCCOCCOCCOCCOCCOCCOCCOCCOCCOCCOCCOCCOCCOCCOCCOCCOCCOCCNC(=O)C(CCCCN)NC(=O)CCOCCOCCOCCOCCNC(=O)CCN1C(=O)C=CC1=O. The van der Waals surface area contributed by atoms with E-state index in [1.54, 1.807) is 7.11 Å². The van der Waals surface area contributed by atoms with Crippen LogP contribution in [0.15, 0.2) is 12.2 Å². The van der Waals surface area contributed by atoms with Gasteiger partial charge in [-0.05, 0) is 25.8 Å². The first-order valence-electron chi connectivity index (χ1n) is 39.0. The van der Waals surface area contributed by atoms with E-state index >= 15 is 0 Å². The number of nitrogens with two attached hydrogens (primary N) is 1. The zero-order valence-corrected chi connectivity index (χ0v) is 66.5. The number of rotatable bonds is 96. The molecule has 0 radical (unpaired) electrons. The third kappa shape index (κ3) is 81.1. The number of carbonyl (C=O) groups is 5. The monoisotopic (exact) mass is 1610 g/mol. The highest BCUT2D eigenvalue weighted by molar-refractivity contribution is 6.13. The van der Waals surface area contributed by atoms with Crippen LogP contribution in [0, 0.1) is 0 Å². The zero-order valence-electron chi connectivity index (χ0n) is 66.5. The van der Waals surface area contributed by atoms with Crippen LogP contribution in [0.5, 0.6) is 0 Å². The van der Waals surface area contributed by atoms with E-state index in [2.05, 4.69) is 16.0 Å². The molecule has 5 amide bonds. The molecular formula is C73H139N5O33. The molecule has 1 heterocycles. The Kier molecular flexibility index (Phi) is 85.3. The lowest BCUT2D eigenvalue weighted by atomic mass is 10.1. The summed E-state index contributed by atoms with van der Waals surface area (Å²) in [5.74, 6) is -1.73. The van der Waals surface area contributed by atoms with Gasteiger partial charge in [-0.25, -0.2) is 0 Å². The Bertz CT molecular complexity index is 2010. The third-order valence-corrected chi connectivity index (χ3v) is 14.4. The van der Waals surface area contributed by atoms with Crippen molar-refractivity contribution in [2.24, 2.45) is 5.73 Å². The molecule has 654 valence electrons. The molecular weight excluding hydrogens is 1470 g/mol. The molecule has 1 atom stereocenters. The summed E-state index contributed by atoms with van der Waals surface area (Å²) in [5, 5.41) is 8.30. The molecule has 0 saturated heterocycles. The van der Waals surface area contributed by atoms with Crippen LogP contribution < -0.4 is 21.7 Å². The van der Waals surface area contributed by atoms with Gasteiger partial charge >= 0.3 is 0 Å². The highest BCUT2D eigenvalue weighted by Crippen LogP contribution is 2.05. The van der Waals surface area contributed by atoms with E-state index in [4.69, 9.17) is 138 Å². The summed E-state index contributed by atoms with van der Waals surface area (Å²) in [6, 6.07) is -0.708. The van der Waals surface area contributed by atoms with Gasteiger partial charge in [0.1, 0.15) is 6.04 Å². The Morgan fingerprint density at radius 1 is 0.288 bits per heavy atom. The summed E-state index contributed by atoms with van der Waals surface area (Å²) in [4.78, 5) is 61.6. The molecule has 0 spiro atoms. The predicted molar refractivity (Wildman–Crippen MR) is 400 cm³/mol. The van der Waals surface area contributed by atoms with Crippen LogP contribution in [0.4, 0.5) is 0 Å². The van der Waals surface area contributed by atoms with E-state index in [0.29, 0.717) is 356 Å². The van der Waals surface area contributed by atoms with Gasteiger partial charge in [0.15, 0.2) is 0 Å². The Morgan fingerprint density at radius 2 is 0.505 bits per heavy atom. The molecule has 0 fully saturated rings. The van der Waals surface area contributed by atoms with Crippen molar-refractivity contribution in [3.63, 3.8) is 0 Å². The first-order chi connectivity index (χ1) is 54.9. The van der Waals surface area contributed by atoms with Crippen LogP contribution >= 0.6 is 0 Å². The van der Waals surface area contributed by atoms with Gasteiger partial charge in [0.05, 0.1) is 363 Å². The van der Waals surface area contributed by atoms with Crippen molar-refractivity contribution in [3.05, 3.63) is 12.2 Å². The minimum atomic E-state index is -0.708. The largest absolute Gasteiger partial charge is 0.382 e. The van der Waals surface area contributed by atoms with Crippen molar-refractivity contribution >= 4 is 29.5 Å². The molecule has 0 aliphatic carbocycles. The molecule has 0 saturated carbocycles. The van der Waals surface area contributed by atoms with Crippen LogP contribution in [0.25, 0.3) is 0 Å². The molecule has 111 heavy (non-hydrogen) atoms. The lowest BCUT2D eigenvalue weighted by molar-refractivity contribution is -0.137. The average Bonchev–Trinajstić information content (AvgIpc) is 1.74. The molecule has 5 N–H and O–H groups in total. The summed E-state index contributed by atoms with van der Waals surface area (Å²) in [7, 11) is 1.64. The fraction of sp³-hybridized carbons (Fsp3) is 0.904. The summed E-state index contributed by atoms with van der Waals surface area (Å²) < 4.78 is 154. The number of imide groups is 1. The van der Waals surface area contributed by atoms with Crippen LogP contribution in [-0.2, 0) is 157 Å². The number of carbonyl (C=O) groups excluding carboxylic acids is 5. The Balaban J connectivity index is 1.71. The van der Waals surface area contributed by atoms with Gasteiger partial charge in [-0.3, -0.25) is 28.9 Å². The Hall–Kier alpha value is -3.87. The molecule has 0 aromatic rings. The molecule has 0 aromatic carbocycles. The van der Waals surface area contributed by atoms with E-state index < -0.39 is 17.9 Å². The number of unbranched alkanes of at least 4 members (excludes halogenated alkanes) is 1. The second kappa shape index (κ2) is 90.1. The first-order valence-corrected chi connectivity index (χ1v) is 39.0. The number of nitrogens with zero attached hydrogens (tertiary/aromatic N) is 1. The maximum Gasteiger partial charge on any atom is 0.253 e. The number of hydrogen-bond acceptors (Lipinski definition) is 34. The number of methoxy groups -OCH3 is 1. The number of amides is 5. The van der Waals surface area contributed by atoms with Crippen molar-refractivity contribution in [1.29, 1.82) is 0 Å². The molecule has 0 bridgehead atoms. The van der Waals surface area contributed by atoms with Gasteiger partial charge in [-0.15, -0.1) is 0 Å². The van der Waals surface area contributed by atoms with Crippen LogP contribution in [0.1, 0.15) is 32.1 Å². The smallest absolute Gasteiger partial charge is 0.253 e. The minimum Gasteiger partial charge on any atom is -0.382 e. The Morgan fingerprint density at radius 3 is 0.739 bits per heavy atom. The highest BCUT2D eigenvalue weighted by Gasteiger charge is 2.24. The van der Waals surface area contributed by atoms with Crippen LogP contribution in [0.3, 0.4) is 0 Å². The highest BCUT2D eigenvalue weighted by atomic mass is 16.6. The summed E-state index contributed by atoms with van der Waals surface area (Å²) in [6.45, 7) is 25.5. The Labute approximate surface area is 657 Å². The van der Waals surface area contributed by atoms with Crippen molar-refractivity contribution < 1.29 is 157 Å². The predicted octanol–water partition coefficient (Wildman–Crippen LogP) is -1.37. The molecule has 38 nitrogen and oxygen atoms in total. The van der Waals surface area contributed by atoms with E-state index in [9.17, 15) is 24.0 Å². The van der Waals surface area contributed by atoms with E-state index in [1.165, 1.54) is 12.2 Å². The fourth-order valence-electron chi connectivity index (χ4n) is 8.62. The molecule has 1 rings (SSSR count). The van der Waals surface area contributed by atoms with Crippen LogP contribution in [-0.4, -0.2) is 437 Å². The van der Waals surface area contributed by atoms with E-state index in [-0.39, 0.29) is 76.6 Å². The normalized spacial score (nSPS) is 12.5. The van der Waals surface area contributed by atoms with E-state index in [0.717, 1.165) is 11.3 Å². The van der Waals surface area contributed by atoms with Crippen molar-refractivity contribution in [1.82, 2.24) is 20.9 Å². The molecule has 1 unspecified atom stereocenters. The van der Waals surface area contributed by atoms with Crippen molar-refractivity contribution in [2.75, 3.05) is 397 Å². The number of hydrogen-bond donors (Lipinski definition) is 4. The maximum absolute atomic E-state index is 12.9. The van der Waals surface area contributed by atoms with Crippen molar-refractivity contribution in [2.45, 2.75) is 38.1 Å². The molecule has 0 aromatic heterocycles. The quantitative estimate of drug-likeness (QED) is 0.0403. The van der Waals surface area contributed by atoms with Gasteiger partial charge < -0.3 is 154 Å². The van der Waals surface area contributed by atoms with Gasteiger partial charge in [0.25, 0.3) is 11.8 Å². The molecule has 38 heteroatoms.